The van der Waals surface area contributed by atoms with Gasteiger partial charge < -0.3 is 29.7 Å². The quantitative estimate of drug-likeness (QED) is 0.271. The van der Waals surface area contributed by atoms with Crippen molar-refractivity contribution in [3.05, 3.63) is 0 Å². The van der Waals surface area contributed by atoms with Gasteiger partial charge in [0.05, 0.1) is 6.10 Å². The lowest BCUT2D eigenvalue weighted by Crippen LogP contribution is -2.43. The third kappa shape index (κ3) is 7.21. The molecule has 0 saturated carbocycles. The molecule has 0 rings (SSSR count). The molecular formula is C6H13FO10P2. The minimum atomic E-state index is -5.46. The highest BCUT2D eigenvalue weighted by molar-refractivity contribution is 7.60. The van der Waals surface area contributed by atoms with E-state index in [1.807, 2.05) is 0 Å². The van der Waals surface area contributed by atoms with Crippen molar-refractivity contribution >= 4 is 21.9 Å². The zero-order valence-corrected chi connectivity index (χ0v) is 11.2. The highest BCUT2D eigenvalue weighted by atomic mass is 31.3. The Morgan fingerprint density at radius 3 is 2.00 bits per heavy atom. The summed E-state index contributed by atoms with van der Waals surface area (Å²) in [7, 11) is -10.9. The second kappa shape index (κ2) is 6.98. The van der Waals surface area contributed by atoms with Crippen molar-refractivity contribution < 1.29 is 52.0 Å². The van der Waals surface area contributed by atoms with Gasteiger partial charge in [0.1, 0.15) is 12.2 Å². The van der Waals surface area contributed by atoms with Gasteiger partial charge in [-0.25, -0.2) is 13.5 Å². The summed E-state index contributed by atoms with van der Waals surface area (Å²) in [5.41, 5.74) is 0. The van der Waals surface area contributed by atoms with E-state index in [0.717, 1.165) is 6.92 Å². The van der Waals surface area contributed by atoms with Crippen LogP contribution in [0.15, 0.2) is 0 Å². The number of phosphoric ester groups is 1. The topological polar surface area (TPSA) is 171 Å². The van der Waals surface area contributed by atoms with Crippen LogP contribution in [0.25, 0.3) is 0 Å². The second-order valence-electron chi connectivity index (χ2n) is 3.42. The maximum absolute atomic E-state index is 13.1. The maximum atomic E-state index is 13.1. The van der Waals surface area contributed by atoms with E-state index < -0.39 is 46.4 Å². The summed E-state index contributed by atoms with van der Waals surface area (Å²) in [6.07, 6.45) is -9.14. The number of carbonyl (C=O) groups excluding carboxylic acids is 1. The average Bonchev–Trinajstić information content (AvgIpc) is 2.20. The molecule has 0 fully saturated rings. The summed E-state index contributed by atoms with van der Waals surface area (Å²) in [6, 6.07) is 0. The number of phosphoric acid groups is 2. The molecule has 1 unspecified atom stereocenters. The Morgan fingerprint density at radius 1 is 1.21 bits per heavy atom. The van der Waals surface area contributed by atoms with Crippen molar-refractivity contribution in [1.82, 2.24) is 0 Å². The minimum Gasteiger partial charge on any atom is -0.391 e. The summed E-state index contributed by atoms with van der Waals surface area (Å²) < 4.78 is 41.9. The van der Waals surface area contributed by atoms with Crippen molar-refractivity contribution in [2.24, 2.45) is 0 Å². The van der Waals surface area contributed by atoms with Gasteiger partial charge in [-0.2, -0.15) is 4.31 Å². The molecule has 5 atom stereocenters. The van der Waals surface area contributed by atoms with E-state index in [1.54, 1.807) is 0 Å². The predicted molar refractivity (Wildman–Crippen MR) is 56.5 cm³/mol. The van der Waals surface area contributed by atoms with Crippen LogP contribution in [0.1, 0.15) is 6.92 Å². The van der Waals surface area contributed by atoms with Crippen LogP contribution in [0.4, 0.5) is 4.39 Å². The van der Waals surface area contributed by atoms with E-state index in [2.05, 4.69) is 8.83 Å². The Labute approximate surface area is 106 Å². The Kier molecular flexibility index (Phi) is 6.90. The lowest BCUT2D eigenvalue weighted by molar-refractivity contribution is -0.122. The highest BCUT2D eigenvalue weighted by Crippen LogP contribution is 2.58. The van der Waals surface area contributed by atoms with Crippen LogP contribution >= 0.6 is 15.6 Å². The lowest BCUT2D eigenvalue weighted by Gasteiger charge is -2.26. The van der Waals surface area contributed by atoms with E-state index in [-0.39, 0.29) is 0 Å². The first kappa shape index (κ1) is 18.8. The smallest absolute Gasteiger partial charge is 0.391 e. The van der Waals surface area contributed by atoms with Gasteiger partial charge in [0.15, 0.2) is 12.5 Å². The van der Waals surface area contributed by atoms with Gasteiger partial charge in [-0.05, 0) is 6.92 Å². The number of aldehydes is 1. The van der Waals surface area contributed by atoms with Crippen LogP contribution in [0.2, 0.25) is 0 Å². The molecule has 0 saturated heterocycles. The third-order valence-electron chi connectivity index (χ3n) is 1.74. The van der Waals surface area contributed by atoms with Crippen LogP contribution in [0.5, 0.6) is 0 Å². The number of rotatable bonds is 8. The summed E-state index contributed by atoms with van der Waals surface area (Å²) in [4.78, 5) is 35.8. The standard InChI is InChI=1S/C6H13FO10P2/c1-3(9)5(10)6(4(7)2-8)16-19(14,15)17-18(11,12)13/h2-6,9-10H,1H3,(H,14,15)(H2,11,12,13)/t3-,4+,5+,6-/m0/s1. The predicted octanol–water partition coefficient (Wildman–Crippen LogP) is -1.14. The fraction of sp³-hybridized carbons (Fsp3) is 0.833. The first-order valence-electron chi connectivity index (χ1n) is 4.63. The van der Waals surface area contributed by atoms with Gasteiger partial charge in [0.25, 0.3) is 0 Å². The Balaban J connectivity index is 5.06. The molecule has 0 heterocycles. The van der Waals surface area contributed by atoms with E-state index >= 15 is 0 Å². The first-order chi connectivity index (χ1) is 8.39. The van der Waals surface area contributed by atoms with E-state index in [0.29, 0.717) is 0 Å². The Hall–Kier alpha value is -0.220. The number of hydrogen-bond donors (Lipinski definition) is 5. The molecule has 13 heteroatoms. The van der Waals surface area contributed by atoms with Crippen LogP contribution in [-0.2, 0) is 22.8 Å². The molecule has 0 aromatic rings. The summed E-state index contributed by atoms with van der Waals surface area (Å²) in [5.74, 6) is 0. The molecule has 19 heavy (non-hydrogen) atoms. The highest BCUT2D eigenvalue weighted by Gasteiger charge is 2.41. The molecule has 0 aromatic heterocycles. The number of halogens is 1. The number of alkyl halides is 1. The Morgan fingerprint density at radius 2 is 1.68 bits per heavy atom. The average molecular weight is 326 g/mol. The van der Waals surface area contributed by atoms with Gasteiger partial charge >= 0.3 is 15.6 Å². The van der Waals surface area contributed by atoms with Gasteiger partial charge in [0.2, 0.25) is 0 Å². The molecular weight excluding hydrogens is 313 g/mol. The lowest BCUT2D eigenvalue weighted by atomic mass is 10.1. The van der Waals surface area contributed by atoms with Crippen LogP contribution < -0.4 is 0 Å². The number of carbonyl (C=O) groups is 1. The molecule has 0 bridgehead atoms. The van der Waals surface area contributed by atoms with E-state index in [1.165, 1.54) is 0 Å². The van der Waals surface area contributed by atoms with Gasteiger partial charge in [-0.15, -0.1) is 0 Å². The van der Waals surface area contributed by atoms with E-state index in [9.17, 15) is 23.4 Å². The molecule has 0 aliphatic rings. The second-order valence-corrected chi connectivity index (χ2v) is 6.20. The maximum Gasteiger partial charge on any atom is 0.481 e. The molecule has 0 radical (unpaired) electrons. The van der Waals surface area contributed by atoms with Crippen LogP contribution in [-0.4, -0.2) is 55.7 Å². The molecule has 0 aromatic carbocycles. The van der Waals surface area contributed by atoms with E-state index in [4.69, 9.17) is 19.8 Å². The molecule has 0 spiro atoms. The van der Waals surface area contributed by atoms with Crippen molar-refractivity contribution in [2.45, 2.75) is 31.4 Å². The monoisotopic (exact) mass is 326 g/mol. The van der Waals surface area contributed by atoms with Crippen molar-refractivity contribution in [2.75, 3.05) is 0 Å². The van der Waals surface area contributed by atoms with Crippen molar-refractivity contribution in [1.29, 1.82) is 0 Å². The summed E-state index contributed by atoms with van der Waals surface area (Å²) in [5, 5.41) is 18.3. The fourth-order valence-corrected chi connectivity index (χ4v) is 2.75. The number of hydrogen-bond acceptors (Lipinski definition) is 7. The summed E-state index contributed by atoms with van der Waals surface area (Å²) in [6.45, 7) is 0.963. The van der Waals surface area contributed by atoms with Crippen LogP contribution in [0, 0.1) is 0 Å². The molecule has 0 aliphatic heterocycles. The largest absolute Gasteiger partial charge is 0.481 e. The van der Waals surface area contributed by atoms with Gasteiger partial charge in [-0.3, -0.25) is 4.52 Å². The third-order valence-corrected chi connectivity index (χ3v) is 3.93. The Bertz CT molecular complexity index is 393. The minimum absolute atomic E-state index is 0.395. The molecule has 0 aliphatic carbocycles. The fourth-order valence-electron chi connectivity index (χ4n) is 0.968. The zero-order valence-electron chi connectivity index (χ0n) is 9.44. The first-order valence-corrected chi connectivity index (χ1v) is 7.66. The zero-order chi connectivity index (χ0) is 15.4. The van der Waals surface area contributed by atoms with Crippen molar-refractivity contribution in [3.63, 3.8) is 0 Å². The van der Waals surface area contributed by atoms with Crippen molar-refractivity contribution in [3.8, 4) is 0 Å². The normalized spacial score (nSPS) is 22.1. The number of aliphatic hydroxyl groups is 2. The molecule has 10 nitrogen and oxygen atoms in total. The SMILES string of the molecule is C[C@H](O)[C@@H](O)[C@@H](OP(=O)(O)OP(=O)(O)O)[C@H](F)C=O. The van der Waals surface area contributed by atoms with Gasteiger partial charge in [-0.1, -0.05) is 0 Å². The molecule has 114 valence electrons. The molecule has 0 amide bonds. The number of aliphatic hydroxyl groups excluding tert-OH is 2. The molecule has 5 N–H and O–H groups in total. The van der Waals surface area contributed by atoms with Gasteiger partial charge in [0, 0.05) is 0 Å². The summed E-state index contributed by atoms with van der Waals surface area (Å²) >= 11 is 0. The van der Waals surface area contributed by atoms with Crippen LogP contribution in [0.3, 0.4) is 0 Å².